The molecule has 4 nitrogen and oxygen atoms in total. The van der Waals surface area contributed by atoms with Crippen LogP contribution in [0.25, 0.3) is 0 Å². The summed E-state index contributed by atoms with van der Waals surface area (Å²) in [5.41, 5.74) is 1.72. The molecule has 0 saturated heterocycles. The van der Waals surface area contributed by atoms with E-state index in [1.165, 1.54) is 7.11 Å². The molecule has 0 fully saturated rings. The van der Waals surface area contributed by atoms with Crippen molar-refractivity contribution in [2.24, 2.45) is 0 Å². The van der Waals surface area contributed by atoms with E-state index in [4.69, 9.17) is 4.74 Å². The fourth-order valence-corrected chi connectivity index (χ4v) is 2.18. The van der Waals surface area contributed by atoms with Gasteiger partial charge in [-0.1, -0.05) is 12.1 Å². The van der Waals surface area contributed by atoms with Gasteiger partial charge in [0.15, 0.2) is 0 Å². The summed E-state index contributed by atoms with van der Waals surface area (Å²) in [5, 5.41) is 0. The van der Waals surface area contributed by atoms with E-state index in [2.05, 4.69) is 9.72 Å². The summed E-state index contributed by atoms with van der Waals surface area (Å²) in [5.74, 6) is 0.600. The van der Waals surface area contributed by atoms with Crippen LogP contribution in [0.4, 0.5) is 0 Å². The minimum atomic E-state index is -0.434. The highest BCUT2D eigenvalue weighted by Gasteiger charge is 2.22. The number of hydrogen-bond acceptors (Lipinski definition) is 4. The first kappa shape index (κ1) is 16.0. The summed E-state index contributed by atoms with van der Waals surface area (Å²) in [6.45, 7) is 4.04. The number of hydrogen-bond donors (Lipinski definition) is 0. The number of aromatic nitrogens is 1. The number of esters is 1. The van der Waals surface area contributed by atoms with Crippen LogP contribution in [0.15, 0.2) is 48.8 Å². The number of carbonyl (C=O) groups is 1. The minimum Gasteiger partial charge on any atom is -0.483 e. The van der Waals surface area contributed by atoms with E-state index in [0.29, 0.717) is 12.8 Å². The number of rotatable bonds is 6. The number of aryl methyl sites for hydroxylation is 1. The van der Waals surface area contributed by atoms with Gasteiger partial charge in [0.25, 0.3) is 0 Å². The van der Waals surface area contributed by atoms with Gasteiger partial charge >= 0.3 is 5.97 Å². The van der Waals surface area contributed by atoms with E-state index < -0.39 is 5.60 Å². The van der Waals surface area contributed by atoms with Crippen LogP contribution in [-0.4, -0.2) is 18.1 Å². The molecule has 0 N–H and O–H groups in total. The molecule has 0 aliphatic carbocycles. The average Bonchev–Trinajstić information content (AvgIpc) is 2.54. The zero-order chi connectivity index (χ0) is 16.0. The van der Waals surface area contributed by atoms with Crippen molar-refractivity contribution in [3.63, 3.8) is 0 Å². The van der Waals surface area contributed by atoms with Crippen molar-refractivity contribution in [3.05, 3.63) is 59.9 Å². The van der Waals surface area contributed by atoms with Crippen molar-refractivity contribution in [2.75, 3.05) is 7.11 Å². The quantitative estimate of drug-likeness (QED) is 0.766. The number of nitrogens with zero attached hydrogens (tertiary/aromatic N) is 1. The maximum atomic E-state index is 11.1. The molecular weight excluding hydrogens is 278 g/mol. The highest BCUT2D eigenvalue weighted by molar-refractivity contribution is 5.69. The van der Waals surface area contributed by atoms with Crippen LogP contribution in [-0.2, 0) is 21.6 Å². The molecule has 1 aromatic heterocycles. The number of pyridine rings is 1. The predicted molar refractivity (Wildman–Crippen MR) is 84.7 cm³/mol. The molecule has 0 spiro atoms. The van der Waals surface area contributed by atoms with Gasteiger partial charge in [-0.15, -0.1) is 0 Å². The van der Waals surface area contributed by atoms with Crippen LogP contribution in [0.1, 0.15) is 31.4 Å². The molecule has 0 bridgehead atoms. The zero-order valence-electron chi connectivity index (χ0n) is 13.2. The van der Waals surface area contributed by atoms with Gasteiger partial charge in [0.05, 0.1) is 7.11 Å². The van der Waals surface area contributed by atoms with Crippen molar-refractivity contribution in [3.8, 4) is 5.75 Å². The fourth-order valence-electron chi connectivity index (χ4n) is 2.18. The Morgan fingerprint density at radius 1 is 1.09 bits per heavy atom. The van der Waals surface area contributed by atoms with Crippen molar-refractivity contribution < 1.29 is 14.3 Å². The van der Waals surface area contributed by atoms with Gasteiger partial charge in [0.2, 0.25) is 0 Å². The molecule has 0 atom stereocenters. The summed E-state index contributed by atoms with van der Waals surface area (Å²) in [6, 6.07) is 11.7. The second kappa shape index (κ2) is 7.07. The Morgan fingerprint density at radius 2 is 1.73 bits per heavy atom. The molecule has 1 heterocycles. The molecule has 0 aliphatic rings. The van der Waals surface area contributed by atoms with Crippen molar-refractivity contribution >= 4 is 5.97 Å². The van der Waals surface area contributed by atoms with Gasteiger partial charge in [0, 0.05) is 18.8 Å². The first-order valence-electron chi connectivity index (χ1n) is 7.26. The molecule has 22 heavy (non-hydrogen) atoms. The van der Waals surface area contributed by atoms with Crippen molar-refractivity contribution in [1.82, 2.24) is 4.98 Å². The Morgan fingerprint density at radius 3 is 2.32 bits per heavy atom. The van der Waals surface area contributed by atoms with Crippen LogP contribution in [0, 0.1) is 0 Å². The van der Waals surface area contributed by atoms with E-state index in [-0.39, 0.29) is 5.97 Å². The number of ether oxygens (including phenoxy) is 2. The van der Waals surface area contributed by atoms with Gasteiger partial charge in [-0.3, -0.25) is 9.78 Å². The van der Waals surface area contributed by atoms with E-state index in [1.54, 1.807) is 12.4 Å². The fraction of sp³-hybridized carbons (Fsp3) is 0.333. The third-order valence-corrected chi connectivity index (χ3v) is 3.52. The van der Waals surface area contributed by atoms with Crippen LogP contribution in [0.5, 0.6) is 5.75 Å². The lowest BCUT2D eigenvalue weighted by Crippen LogP contribution is -2.25. The Labute approximate surface area is 131 Å². The smallest absolute Gasteiger partial charge is 0.305 e. The highest BCUT2D eigenvalue weighted by Crippen LogP contribution is 2.27. The van der Waals surface area contributed by atoms with E-state index in [0.717, 1.165) is 16.9 Å². The van der Waals surface area contributed by atoms with Gasteiger partial charge in [0.1, 0.15) is 11.4 Å². The molecular formula is C18H21NO3. The predicted octanol–water partition coefficient (Wildman–Crippen LogP) is 3.50. The molecule has 0 amide bonds. The lowest BCUT2D eigenvalue weighted by molar-refractivity contribution is -0.140. The second-order valence-corrected chi connectivity index (χ2v) is 5.57. The Balaban J connectivity index is 2.00. The van der Waals surface area contributed by atoms with E-state index >= 15 is 0 Å². The average molecular weight is 299 g/mol. The summed E-state index contributed by atoms with van der Waals surface area (Å²) < 4.78 is 10.7. The van der Waals surface area contributed by atoms with E-state index in [9.17, 15) is 4.79 Å². The maximum absolute atomic E-state index is 11.1. The zero-order valence-corrected chi connectivity index (χ0v) is 13.2. The molecule has 2 rings (SSSR count). The first-order chi connectivity index (χ1) is 10.5. The molecule has 0 unspecified atom stereocenters. The maximum Gasteiger partial charge on any atom is 0.305 e. The molecule has 0 saturated carbocycles. The highest BCUT2D eigenvalue weighted by atomic mass is 16.5. The summed E-state index contributed by atoms with van der Waals surface area (Å²) >= 11 is 0. The molecule has 116 valence electrons. The third kappa shape index (κ3) is 4.32. The molecule has 0 aliphatic heterocycles. The number of methoxy groups -OCH3 is 1. The lowest BCUT2D eigenvalue weighted by atomic mass is 9.99. The van der Waals surface area contributed by atoms with Crippen LogP contribution < -0.4 is 4.74 Å². The van der Waals surface area contributed by atoms with Crippen LogP contribution in [0.2, 0.25) is 0 Å². The summed E-state index contributed by atoms with van der Waals surface area (Å²) in [7, 11) is 1.40. The lowest BCUT2D eigenvalue weighted by Gasteiger charge is -2.27. The third-order valence-electron chi connectivity index (χ3n) is 3.52. The SMILES string of the molecule is COC(=O)CCc1ccc(OC(C)(C)c2ccncc2)cc1. The topological polar surface area (TPSA) is 48.4 Å². The normalized spacial score (nSPS) is 11.0. The summed E-state index contributed by atoms with van der Waals surface area (Å²) in [6.07, 6.45) is 4.58. The largest absolute Gasteiger partial charge is 0.483 e. The molecule has 4 heteroatoms. The first-order valence-corrected chi connectivity index (χ1v) is 7.26. The Hall–Kier alpha value is -2.36. The Bertz CT molecular complexity index is 606. The molecule has 2 aromatic rings. The van der Waals surface area contributed by atoms with Crippen molar-refractivity contribution in [1.29, 1.82) is 0 Å². The Kier molecular flexibility index (Phi) is 5.15. The number of benzene rings is 1. The van der Waals surface area contributed by atoms with Crippen molar-refractivity contribution in [2.45, 2.75) is 32.3 Å². The van der Waals surface area contributed by atoms with Gasteiger partial charge in [-0.25, -0.2) is 0 Å². The van der Waals surface area contributed by atoms with Crippen LogP contribution in [0.3, 0.4) is 0 Å². The van der Waals surface area contributed by atoms with Gasteiger partial charge < -0.3 is 9.47 Å². The standard InChI is InChI=1S/C18H21NO3/c1-18(2,15-10-12-19-13-11-15)22-16-7-4-14(5-8-16)6-9-17(20)21-3/h4-5,7-8,10-13H,6,9H2,1-3H3. The molecule has 0 radical (unpaired) electrons. The second-order valence-electron chi connectivity index (χ2n) is 5.57. The molecule has 1 aromatic carbocycles. The minimum absolute atomic E-state index is 0.195. The van der Waals surface area contributed by atoms with Gasteiger partial charge in [-0.2, -0.15) is 0 Å². The summed E-state index contributed by atoms with van der Waals surface area (Å²) in [4.78, 5) is 15.2. The van der Waals surface area contributed by atoms with Crippen LogP contribution >= 0.6 is 0 Å². The van der Waals surface area contributed by atoms with E-state index in [1.807, 2.05) is 50.2 Å². The number of carbonyl (C=O) groups excluding carboxylic acids is 1. The van der Waals surface area contributed by atoms with Gasteiger partial charge in [-0.05, 0) is 55.7 Å². The monoisotopic (exact) mass is 299 g/mol.